The van der Waals surface area contributed by atoms with Gasteiger partial charge in [0.15, 0.2) is 5.78 Å². The molecule has 78 valence electrons. The number of carboxylic acid groups (broad SMARTS) is 1. The number of aliphatic carboxylic acids is 1. The van der Waals surface area contributed by atoms with E-state index in [-0.39, 0.29) is 12.2 Å². The van der Waals surface area contributed by atoms with Crippen molar-refractivity contribution in [1.29, 1.82) is 0 Å². The van der Waals surface area contributed by atoms with E-state index in [1.807, 2.05) is 12.1 Å². The predicted molar refractivity (Wildman–Crippen MR) is 57.9 cm³/mol. The number of hydrogen-bond donors (Lipinski definition) is 1. The summed E-state index contributed by atoms with van der Waals surface area (Å²) in [6.07, 6.45) is 0.458. The fourth-order valence-electron chi connectivity index (χ4n) is 1.95. The Morgan fingerprint density at radius 3 is 2.87 bits per heavy atom. The van der Waals surface area contributed by atoms with Gasteiger partial charge in [0, 0.05) is 16.0 Å². The first-order valence-electron chi connectivity index (χ1n) is 4.63. The van der Waals surface area contributed by atoms with Gasteiger partial charge in [0.1, 0.15) is 0 Å². The summed E-state index contributed by atoms with van der Waals surface area (Å²) in [4.78, 5) is 22.4. The van der Waals surface area contributed by atoms with Gasteiger partial charge in [-0.3, -0.25) is 9.59 Å². The Balaban J connectivity index is 2.34. The van der Waals surface area contributed by atoms with Crippen LogP contribution in [0.3, 0.4) is 0 Å². The highest BCUT2D eigenvalue weighted by molar-refractivity contribution is 9.10. The van der Waals surface area contributed by atoms with Gasteiger partial charge >= 0.3 is 5.97 Å². The highest BCUT2D eigenvalue weighted by atomic mass is 79.9. The lowest BCUT2D eigenvalue weighted by Crippen LogP contribution is -2.14. The number of ketones is 1. The van der Waals surface area contributed by atoms with Crippen molar-refractivity contribution in [3.63, 3.8) is 0 Å². The standard InChI is InChI=1S/C11H9BrO3/c12-8-3-1-2-6-4-7(5-9(13)14)11(15)10(6)8/h1-3,7H,4-5H2,(H,13,14). The first-order valence-corrected chi connectivity index (χ1v) is 5.42. The topological polar surface area (TPSA) is 54.4 Å². The second-order valence-electron chi connectivity index (χ2n) is 3.64. The van der Waals surface area contributed by atoms with Gasteiger partial charge in [0.25, 0.3) is 0 Å². The van der Waals surface area contributed by atoms with Crippen molar-refractivity contribution in [2.24, 2.45) is 5.92 Å². The van der Waals surface area contributed by atoms with Crippen molar-refractivity contribution in [2.75, 3.05) is 0 Å². The van der Waals surface area contributed by atoms with E-state index in [1.54, 1.807) is 6.07 Å². The smallest absolute Gasteiger partial charge is 0.304 e. The minimum Gasteiger partial charge on any atom is -0.481 e. The number of carboxylic acids is 1. The molecular formula is C11H9BrO3. The van der Waals surface area contributed by atoms with Crippen LogP contribution in [-0.2, 0) is 11.2 Å². The molecule has 0 saturated heterocycles. The number of carbonyl (C=O) groups is 2. The molecule has 0 saturated carbocycles. The molecule has 1 aliphatic rings. The zero-order chi connectivity index (χ0) is 11.0. The third-order valence-electron chi connectivity index (χ3n) is 2.60. The largest absolute Gasteiger partial charge is 0.481 e. The summed E-state index contributed by atoms with van der Waals surface area (Å²) < 4.78 is 0.762. The molecule has 0 spiro atoms. The molecule has 0 amide bonds. The number of benzene rings is 1. The molecule has 3 nitrogen and oxygen atoms in total. The van der Waals surface area contributed by atoms with E-state index in [2.05, 4.69) is 15.9 Å². The van der Waals surface area contributed by atoms with Crippen molar-refractivity contribution in [3.05, 3.63) is 33.8 Å². The molecule has 0 aromatic heterocycles. The van der Waals surface area contributed by atoms with Crippen LogP contribution < -0.4 is 0 Å². The molecule has 1 aromatic rings. The first-order chi connectivity index (χ1) is 7.09. The Morgan fingerprint density at radius 2 is 2.27 bits per heavy atom. The molecule has 0 radical (unpaired) electrons. The zero-order valence-corrected chi connectivity index (χ0v) is 9.45. The molecule has 2 rings (SSSR count). The van der Waals surface area contributed by atoms with Gasteiger partial charge in [-0.2, -0.15) is 0 Å². The minimum absolute atomic E-state index is 0.0557. The van der Waals surface area contributed by atoms with Crippen LogP contribution >= 0.6 is 15.9 Å². The average molecular weight is 269 g/mol. The van der Waals surface area contributed by atoms with Gasteiger partial charge in [-0.1, -0.05) is 28.1 Å². The average Bonchev–Trinajstić information content (AvgIpc) is 2.44. The SMILES string of the molecule is O=C(O)CC1Cc2cccc(Br)c2C1=O. The van der Waals surface area contributed by atoms with Crippen LogP contribution in [0.2, 0.25) is 0 Å². The van der Waals surface area contributed by atoms with Crippen LogP contribution in [0.4, 0.5) is 0 Å². The molecule has 1 atom stereocenters. The normalized spacial score (nSPS) is 19.0. The van der Waals surface area contributed by atoms with Crippen molar-refractivity contribution in [2.45, 2.75) is 12.8 Å². The number of rotatable bonds is 2. The van der Waals surface area contributed by atoms with E-state index < -0.39 is 11.9 Å². The highest BCUT2D eigenvalue weighted by Gasteiger charge is 2.33. The molecule has 0 aliphatic heterocycles. The van der Waals surface area contributed by atoms with Crippen LogP contribution in [0.5, 0.6) is 0 Å². The summed E-state index contributed by atoms with van der Waals surface area (Å²) in [5, 5.41) is 8.68. The van der Waals surface area contributed by atoms with Crippen LogP contribution in [0, 0.1) is 5.92 Å². The van der Waals surface area contributed by atoms with E-state index in [0.29, 0.717) is 12.0 Å². The fraction of sp³-hybridized carbons (Fsp3) is 0.273. The first kappa shape index (κ1) is 10.4. The minimum atomic E-state index is -0.919. The quantitative estimate of drug-likeness (QED) is 0.896. The summed E-state index contributed by atoms with van der Waals surface area (Å²) in [5.41, 5.74) is 1.60. The summed E-state index contributed by atoms with van der Waals surface area (Å²) in [6.45, 7) is 0. The molecule has 1 unspecified atom stereocenters. The Labute approximate surface area is 95.2 Å². The number of halogens is 1. The van der Waals surface area contributed by atoms with E-state index in [4.69, 9.17) is 5.11 Å². The maximum absolute atomic E-state index is 11.9. The van der Waals surface area contributed by atoms with Crippen LogP contribution in [-0.4, -0.2) is 16.9 Å². The lowest BCUT2D eigenvalue weighted by molar-refractivity contribution is -0.137. The second kappa shape index (κ2) is 3.77. The van der Waals surface area contributed by atoms with Gasteiger partial charge in [-0.05, 0) is 18.1 Å². The third kappa shape index (κ3) is 1.81. The monoisotopic (exact) mass is 268 g/mol. The van der Waals surface area contributed by atoms with Crippen molar-refractivity contribution >= 4 is 27.7 Å². The third-order valence-corrected chi connectivity index (χ3v) is 3.27. The van der Waals surface area contributed by atoms with Crippen molar-refractivity contribution in [3.8, 4) is 0 Å². The molecule has 0 heterocycles. The van der Waals surface area contributed by atoms with Crippen LogP contribution in [0.25, 0.3) is 0 Å². The van der Waals surface area contributed by atoms with Gasteiger partial charge in [0.05, 0.1) is 6.42 Å². The lowest BCUT2D eigenvalue weighted by atomic mass is 10.0. The van der Waals surface area contributed by atoms with E-state index in [0.717, 1.165) is 10.0 Å². The molecule has 1 N–H and O–H groups in total. The number of Topliss-reactive ketones (excluding diaryl/α,β-unsaturated/α-hetero) is 1. The van der Waals surface area contributed by atoms with Crippen molar-refractivity contribution in [1.82, 2.24) is 0 Å². The van der Waals surface area contributed by atoms with Gasteiger partial charge < -0.3 is 5.11 Å². The predicted octanol–water partition coefficient (Wildman–Crippen LogP) is 2.28. The van der Waals surface area contributed by atoms with E-state index >= 15 is 0 Å². The van der Waals surface area contributed by atoms with E-state index in [1.165, 1.54) is 0 Å². The summed E-state index contributed by atoms with van der Waals surface area (Å²) in [5.74, 6) is -1.37. The highest BCUT2D eigenvalue weighted by Crippen LogP contribution is 2.33. The van der Waals surface area contributed by atoms with Gasteiger partial charge in [0.2, 0.25) is 0 Å². The zero-order valence-electron chi connectivity index (χ0n) is 7.87. The molecule has 0 bridgehead atoms. The number of carbonyl (C=O) groups excluding carboxylic acids is 1. The fourth-order valence-corrected chi connectivity index (χ4v) is 2.56. The van der Waals surface area contributed by atoms with Gasteiger partial charge in [-0.25, -0.2) is 0 Å². The summed E-state index contributed by atoms with van der Waals surface area (Å²) in [6, 6.07) is 5.54. The maximum atomic E-state index is 11.9. The molecule has 1 aromatic carbocycles. The molecular weight excluding hydrogens is 260 g/mol. The number of hydrogen-bond acceptors (Lipinski definition) is 2. The Bertz CT molecular complexity index is 439. The van der Waals surface area contributed by atoms with Crippen LogP contribution in [0.15, 0.2) is 22.7 Å². The Kier molecular flexibility index (Phi) is 2.61. The van der Waals surface area contributed by atoms with E-state index in [9.17, 15) is 9.59 Å². The molecule has 4 heteroatoms. The van der Waals surface area contributed by atoms with Crippen LogP contribution in [0.1, 0.15) is 22.3 Å². The summed E-state index contributed by atoms with van der Waals surface area (Å²) in [7, 11) is 0. The molecule has 0 fully saturated rings. The lowest BCUT2D eigenvalue weighted by Gasteiger charge is -2.02. The van der Waals surface area contributed by atoms with Crippen molar-refractivity contribution < 1.29 is 14.7 Å². The van der Waals surface area contributed by atoms with Gasteiger partial charge in [-0.15, -0.1) is 0 Å². The Morgan fingerprint density at radius 1 is 1.53 bits per heavy atom. The Hall–Kier alpha value is -1.16. The number of fused-ring (bicyclic) bond motifs is 1. The molecule has 15 heavy (non-hydrogen) atoms. The molecule has 1 aliphatic carbocycles. The second-order valence-corrected chi connectivity index (χ2v) is 4.49. The summed E-state index contributed by atoms with van der Waals surface area (Å²) >= 11 is 3.31. The maximum Gasteiger partial charge on any atom is 0.304 e.